The van der Waals surface area contributed by atoms with Gasteiger partial charge in [-0.15, -0.1) is 0 Å². The highest BCUT2D eigenvalue weighted by Crippen LogP contribution is 2.26. The van der Waals surface area contributed by atoms with Gasteiger partial charge in [0.2, 0.25) is 5.91 Å². The van der Waals surface area contributed by atoms with Gasteiger partial charge in [0, 0.05) is 25.2 Å². The molecule has 3 unspecified atom stereocenters. The van der Waals surface area contributed by atoms with Crippen LogP contribution in [0, 0.1) is 5.92 Å². The number of fused-ring (bicyclic) bond motifs is 1. The molecule has 2 heterocycles. The summed E-state index contributed by atoms with van der Waals surface area (Å²) in [5.74, 6) is 0.997. The minimum Gasteiger partial charge on any atom is -0.352 e. The van der Waals surface area contributed by atoms with Gasteiger partial charge in [0.1, 0.15) is 0 Å². The van der Waals surface area contributed by atoms with E-state index in [1.54, 1.807) is 0 Å². The predicted octanol–water partition coefficient (Wildman–Crippen LogP) is 0.337. The highest BCUT2D eigenvalue weighted by Gasteiger charge is 2.36. The Morgan fingerprint density at radius 2 is 2.18 bits per heavy atom. The Morgan fingerprint density at radius 3 is 2.94 bits per heavy atom. The van der Waals surface area contributed by atoms with Crippen LogP contribution in [0.15, 0.2) is 0 Å². The van der Waals surface area contributed by atoms with Crippen molar-refractivity contribution in [1.29, 1.82) is 0 Å². The SMILES string of the molecule is CC(C(=O)NC1CC1)N1CCC2NCCC2C1. The maximum absolute atomic E-state index is 12.0. The molecular formula is C13H23N3O. The molecule has 0 aromatic heterocycles. The molecule has 0 spiro atoms. The molecule has 2 saturated heterocycles. The van der Waals surface area contributed by atoms with Gasteiger partial charge in [-0.05, 0) is 45.1 Å². The zero-order chi connectivity index (χ0) is 11.8. The number of hydrogen-bond acceptors (Lipinski definition) is 3. The van der Waals surface area contributed by atoms with E-state index in [0.717, 1.165) is 25.6 Å². The summed E-state index contributed by atoms with van der Waals surface area (Å²) in [6.45, 7) is 5.37. The fourth-order valence-electron chi connectivity index (χ4n) is 3.14. The molecule has 0 bridgehead atoms. The van der Waals surface area contributed by atoms with Gasteiger partial charge in [-0.3, -0.25) is 9.69 Å². The van der Waals surface area contributed by atoms with Crippen LogP contribution in [0.3, 0.4) is 0 Å². The number of carbonyl (C=O) groups excluding carboxylic acids is 1. The second kappa shape index (κ2) is 4.58. The normalized spacial score (nSPS) is 35.4. The van der Waals surface area contributed by atoms with Gasteiger partial charge in [-0.1, -0.05) is 0 Å². The van der Waals surface area contributed by atoms with Crippen molar-refractivity contribution in [3.05, 3.63) is 0 Å². The highest BCUT2D eigenvalue weighted by molar-refractivity contribution is 5.81. The Labute approximate surface area is 103 Å². The molecule has 3 aliphatic rings. The van der Waals surface area contributed by atoms with Crippen molar-refractivity contribution in [3.8, 4) is 0 Å². The third kappa shape index (κ3) is 2.47. The van der Waals surface area contributed by atoms with Gasteiger partial charge in [0.15, 0.2) is 0 Å². The fraction of sp³-hybridized carbons (Fsp3) is 0.923. The van der Waals surface area contributed by atoms with E-state index in [4.69, 9.17) is 0 Å². The Hall–Kier alpha value is -0.610. The van der Waals surface area contributed by atoms with Gasteiger partial charge in [-0.2, -0.15) is 0 Å². The molecule has 3 fully saturated rings. The average Bonchev–Trinajstić information content (AvgIpc) is 3.02. The molecule has 0 radical (unpaired) electrons. The largest absolute Gasteiger partial charge is 0.352 e. The van der Waals surface area contributed by atoms with E-state index in [1.807, 2.05) is 0 Å². The lowest BCUT2D eigenvalue weighted by molar-refractivity contribution is -0.126. The van der Waals surface area contributed by atoms with E-state index in [0.29, 0.717) is 12.1 Å². The number of nitrogens with zero attached hydrogens (tertiary/aromatic N) is 1. The topological polar surface area (TPSA) is 44.4 Å². The van der Waals surface area contributed by atoms with Gasteiger partial charge in [0.25, 0.3) is 0 Å². The number of hydrogen-bond donors (Lipinski definition) is 2. The van der Waals surface area contributed by atoms with Crippen LogP contribution in [0.25, 0.3) is 0 Å². The zero-order valence-electron chi connectivity index (χ0n) is 10.6. The van der Waals surface area contributed by atoms with Crippen molar-refractivity contribution in [1.82, 2.24) is 15.5 Å². The van der Waals surface area contributed by atoms with E-state index in [1.165, 1.54) is 25.7 Å². The summed E-state index contributed by atoms with van der Waals surface area (Å²) in [7, 11) is 0. The fourth-order valence-corrected chi connectivity index (χ4v) is 3.14. The summed E-state index contributed by atoms with van der Waals surface area (Å²) in [5.41, 5.74) is 0. The number of nitrogens with one attached hydrogen (secondary N) is 2. The lowest BCUT2D eigenvalue weighted by Gasteiger charge is -2.37. The number of carbonyl (C=O) groups is 1. The summed E-state index contributed by atoms with van der Waals surface area (Å²) in [5, 5.41) is 6.68. The van der Waals surface area contributed by atoms with Gasteiger partial charge < -0.3 is 10.6 Å². The summed E-state index contributed by atoms with van der Waals surface area (Å²) in [4.78, 5) is 14.4. The molecule has 17 heavy (non-hydrogen) atoms. The standard InChI is InChI=1S/C13H23N3O/c1-9(13(17)15-11-2-3-11)16-7-5-12-10(8-16)4-6-14-12/h9-12,14H,2-8H2,1H3,(H,15,17). The molecule has 2 aliphatic heterocycles. The summed E-state index contributed by atoms with van der Waals surface area (Å²) < 4.78 is 0. The number of piperidine rings is 1. The maximum atomic E-state index is 12.0. The van der Waals surface area contributed by atoms with Gasteiger partial charge in [-0.25, -0.2) is 0 Å². The quantitative estimate of drug-likeness (QED) is 0.744. The molecule has 4 heteroatoms. The van der Waals surface area contributed by atoms with Crippen LogP contribution in [0.2, 0.25) is 0 Å². The van der Waals surface area contributed by atoms with Crippen LogP contribution >= 0.6 is 0 Å². The zero-order valence-corrected chi connectivity index (χ0v) is 10.6. The van der Waals surface area contributed by atoms with E-state index in [2.05, 4.69) is 22.5 Å². The van der Waals surface area contributed by atoms with Crippen molar-refractivity contribution in [2.75, 3.05) is 19.6 Å². The first-order chi connectivity index (χ1) is 8.24. The second-order valence-corrected chi connectivity index (χ2v) is 5.85. The van der Waals surface area contributed by atoms with Crippen LogP contribution in [0.4, 0.5) is 0 Å². The van der Waals surface area contributed by atoms with Crippen molar-refractivity contribution in [2.24, 2.45) is 5.92 Å². The summed E-state index contributed by atoms with van der Waals surface area (Å²) >= 11 is 0. The molecule has 3 rings (SSSR count). The van der Waals surface area contributed by atoms with Crippen molar-refractivity contribution in [2.45, 2.75) is 50.7 Å². The first-order valence-corrected chi connectivity index (χ1v) is 7.02. The smallest absolute Gasteiger partial charge is 0.237 e. The highest BCUT2D eigenvalue weighted by atomic mass is 16.2. The van der Waals surface area contributed by atoms with E-state index in [-0.39, 0.29) is 11.9 Å². The van der Waals surface area contributed by atoms with Crippen LogP contribution in [0.1, 0.15) is 32.6 Å². The molecule has 1 amide bonds. The second-order valence-electron chi connectivity index (χ2n) is 5.85. The number of amides is 1. The predicted molar refractivity (Wildman–Crippen MR) is 66.7 cm³/mol. The van der Waals surface area contributed by atoms with E-state index in [9.17, 15) is 4.79 Å². The molecule has 0 aromatic rings. The van der Waals surface area contributed by atoms with Crippen LogP contribution < -0.4 is 10.6 Å². The van der Waals surface area contributed by atoms with Crippen molar-refractivity contribution >= 4 is 5.91 Å². The van der Waals surface area contributed by atoms with Crippen molar-refractivity contribution in [3.63, 3.8) is 0 Å². The third-order valence-electron chi connectivity index (χ3n) is 4.54. The molecular weight excluding hydrogens is 214 g/mol. The molecule has 1 aliphatic carbocycles. The Bertz CT molecular complexity index is 303. The van der Waals surface area contributed by atoms with Gasteiger partial charge >= 0.3 is 0 Å². The first kappa shape index (κ1) is 11.5. The minimum absolute atomic E-state index is 0.0529. The Morgan fingerprint density at radius 1 is 1.35 bits per heavy atom. The molecule has 4 nitrogen and oxygen atoms in total. The van der Waals surface area contributed by atoms with E-state index >= 15 is 0 Å². The maximum Gasteiger partial charge on any atom is 0.237 e. The van der Waals surface area contributed by atoms with Crippen LogP contribution in [-0.2, 0) is 4.79 Å². The summed E-state index contributed by atoms with van der Waals surface area (Å²) in [6.07, 6.45) is 4.82. The molecule has 0 aromatic carbocycles. The average molecular weight is 237 g/mol. The lowest BCUT2D eigenvalue weighted by atomic mass is 9.92. The van der Waals surface area contributed by atoms with Crippen LogP contribution in [-0.4, -0.2) is 48.6 Å². The Balaban J connectivity index is 1.54. The van der Waals surface area contributed by atoms with Gasteiger partial charge in [0.05, 0.1) is 6.04 Å². The van der Waals surface area contributed by atoms with Crippen molar-refractivity contribution < 1.29 is 4.79 Å². The molecule has 2 N–H and O–H groups in total. The summed E-state index contributed by atoms with van der Waals surface area (Å²) in [6, 6.07) is 1.25. The molecule has 96 valence electrons. The first-order valence-electron chi connectivity index (χ1n) is 7.02. The monoisotopic (exact) mass is 237 g/mol. The minimum atomic E-state index is 0.0529. The van der Waals surface area contributed by atoms with E-state index < -0.39 is 0 Å². The Kier molecular flexibility index (Phi) is 3.09. The lowest BCUT2D eigenvalue weighted by Crippen LogP contribution is -2.52. The van der Waals surface area contributed by atoms with Crippen LogP contribution in [0.5, 0.6) is 0 Å². The molecule has 3 atom stereocenters. The number of likely N-dealkylation sites (tertiary alicyclic amines) is 1. The third-order valence-corrected chi connectivity index (χ3v) is 4.54. The number of rotatable bonds is 3. The molecule has 1 saturated carbocycles.